The van der Waals surface area contributed by atoms with E-state index in [0.717, 1.165) is 44.4 Å². The number of anilines is 1. The monoisotopic (exact) mass is 416 g/mol. The third kappa shape index (κ3) is 4.01. The van der Waals surface area contributed by atoms with E-state index in [1.165, 1.54) is 17.9 Å². The minimum absolute atomic E-state index is 0.0621. The van der Waals surface area contributed by atoms with Crippen LogP contribution < -0.4 is 10.5 Å². The summed E-state index contributed by atoms with van der Waals surface area (Å²) in [5, 5.41) is 0. The molecule has 0 atom stereocenters. The van der Waals surface area contributed by atoms with E-state index in [1.807, 2.05) is 0 Å². The molecule has 30 heavy (non-hydrogen) atoms. The first-order valence-electron chi connectivity index (χ1n) is 9.63. The summed E-state index contributed by atoms with van der Waals surface area (Å²) in [6.45, 7) is 3.82. The summed E-state index contributed by atoms with van der Waals surface area (Å²) in [7, 11) is 3.59. The molecule has 4 rings (SSSR count). The number of halogens is 2. The van der Waals surface area contributed by atoms with Crippen molar-refractivity contribution in [3.8, 4) is 11.3 Å². The Bertz CT molecular complexity index is 1110. The summed E-state index contributed by atoms with van der Waals surface area (Å²) in [5.74, 6) is -1.04. The fraction of sp³-hybridized carbons (Fsp3) is 0.400. The number of nitrogens with zero attached hydrogens (tertiary/aromatic N) is 6. The molecule has 1 aromatic carbocycles. The summed E-state index contributed by atoms with van der Waals surface area (Å²) in [5.41, 5.74) is 0.235. The molecule has 1 saturated heterocycles. The molecule has 0 bridgehead atoms. The maximum atomic E-state index is 13.7. The van der Waals surface area contributed by atoms with Crippen LogP contribution in [0.1, 0.15) is 0 Å². The van der Waals surface area contributed by atoms with Crippen molar-refractivity contribution in [1.82, 2.24) is 24.4 Å². The molecule has 0 amide bonds. The van der Waals surface area contributed by atoms with Gasteiger partial charge in [-0.1, -0.05) is 0 Å². The molecule has 1 aliphatic heterocycles. The molecule has 2 aromatic heterocycles. The molecule has 158 valence electrons. The molecule has 0 spiro atoms. The number of benzene rings is 1. The van der Waals surface area contributed by atoms with Crippen LogP contribution in [0.2, 0.25) is 0 Å². The first-order valence-corrected chi connectivity index (χ1v) is 9.63. The van der Waals surface area contributed by atoms with Crippen molar-refractivity contribution in [3.05, 3.63) is 46.4 Å². The van der Waals surface area contributed by atoms with Gasteiger partial charge in [0.1, 0.15) is 22.8 Å². The van der Waals surface area contributed by atoms with Crippen LogP contribution in [0, 0.1) is 11.6 Å². The fourth-order valence-electron chi connectivity index (χ4n) is 3.45. The molecule has 0 aliphatic carbocycles. The highest BCUT2D eigenvalue weighted by Crippen LogP contribution is 2.21. The molecule has 0 unspecified atom stereocenters. The summed E-state index contributed by atoms with van der Waals surface area (Å²) in [6.07, 6.45) is 1.54. The SMILES string of the molecule is COCCn1c(=O)c(-c2cc(F)cc(F)c2)nc2cnc(N3CCN(C)CC3)nc21. The number of fused-ring (bicyclic) bond motifs is 1. The van der Waals surface area contributed by atoms with Crippen LogP contribution in [0.4, 0.5) is 14.7 Å². The number of hydrogen-bond acceptors (Lipinski definition) is 7. The van der Waals surface area contributed by atoms with Crippen molar-refractivity contribution < 1.29 is 13.5 Å². The van der Waals surface area contributed by atoms with Crippen molar-refractivity contribution in [2.24, 2.45) is 0 Å². The zero-order valence-corrected chi connectivity index (χ0v) is 16.8. The second-order valence-electron chi connectivity index (χ2n) is 7.24. The van der Waals surface area contributed by atoms with E-state index in [0.29, 0.717) is 17.1 Å². The quantitative estimate of drug-likeness (QED) is 0.624. The van der Waals surface area contributed by atoms with E-state index in [-0.39, 0.29) is 24.4 Å². The fourth-order valence-corrected chi connectivity index (χ4v) is 3.45. The van der Waals surface area contributed by atoms with Gasteiger partial charge in [-0.05, 0) is 19.2 Å². The summed E-state index contributed by atoms with van der Waals surface area (Å²) >= 11 is 0. The Morgan fingerprint density at radius 3 is 2.43 bits per heavy atom. The van der Waals surface area contributed by atoms with Crippen molar-refractivity contribution in [1.29, 1.82) is 0 Å². The average molecular weight is 416 g/mol. The molecule has 1 aliphatic rings. The van der Waals surface area contributed by atoms with Crippen LogP contribution in [0.15, 0.2) is 29.2 Å². The molecule has 1 fully saturated rings. The highest BCUT2D eigenvalue weighted by atomic mass is 19.1. The molecule has 0 saturated carbocycles. The van der Waals surface area contributed by atoms with Gasteiger partial charge in [-0.2, -0.15) is 4.98 Å². The highest BCUT2D eigenvalue weighted by Gasteiger charge is 2.20. The third-order valence-corrected chi connectivity index (χ3v) is 5.11. The topological polar surface area (TPSA) is 76.4 Å². The van der Waals surface area contributed by atoms with Crippen LogP contribution >= 0.6 is 0 Å². The number of ether oxygens (including phenoxy) is 1. The smallest absolute Gasteiger partial charge is 0.278 e. The lowest BCUT2D eigenvalue weighted by atomic mass is 10.1. The lowest BCUT2D eigenvalue weighted by molar-refractivity contribution is 0.187. The zero-order valence-electron chi connectivity index (χ0n) is 16.8. The number of piperazine rings is 1. The second-order valence-corrected chi connectivity index (χ2v) is 7.24. The lowest BCUT2D eigenvalue weighted by Crippen LogP contribution is -2.45. The maximum Gasteiger partial charge on any atom is 0.278 e. The normalized spacial score (nSPS) is 15.1. The first-order chi connectivity index (χ1) is 14.5. The number of likely N-dealkylation sites (N-methyl/N-ethyl adjacent to an activating group) is 1. The Kier molecular flexibility index (Phi) is 5.69. The minimum Gasteiger partial charge on any atom is -0.383 e. The Morgan fingerprint density at radius 2 is 1.77 bits per heavy atom. The van der Waals surface area contributed by atoms with Crippen molar-refractivity contribution in [3.63, 3.8) is 0 Å². The molecule has 10 heteroatoms. The van der Waals surface area contributed by atoms with Crippen LogP contribution in [-0.4, -0.2) is 71.4 Å². The van der Waals surface area contributed by atoms with Crippen LogP contribution in [0.3, 0.4) is 0 Å². The van der Waals surface area contributed by atoms with E-state index in [9.17, 15) is 13.6 Å². The van der Waals surface area contributed by atoms with Gasteiger partial charge >= 0.3 is 0 Å². The van der Waals surface area contributed by atoms with Crippen LogP contribution in [0.25, 0.3) is 22.4 Å². The first kappa shape index (κ1) is 20.3. The van der Waals surface area contributed by atoms with Gasteiger partial charge in [0, 0.05) is 44.9 Å². The maximum absolute atomic E-state index is 13.7. The Labute approximate surface area is 171 Å². The Morgan fingerprint density at radius 1 is 1.07 bits per heavy atom. The van der Waals surface area contributed by atoms with Gasteiger partial charge in [0.15, 0.2) is 5.65 Å². The lowest BCUT2D eigenvalue weighted by Gasteiger charge is -2.32. The van der Waals surface area contributed by atoms with Gasteiger partial charge in [0.25, 0.3) is 5.56 Å². The third-order valence-electron chi connectivity index (χ3n) is 5.11. The molecule has 0 N–H and O–H groups in total. The Hall–Kier alpha value is -2.98. The number of methoxy groups -OCH3 is 1. The second kappa shape index (κ2) is 8.41. The molecule has 3 heterocycles. The van der Waals surface area contributed by atoms with Gasteiger partial charge < -0.3 is 14.5 Å². The Balaban J connectivity index is 1.85. The van der Waals surface area contributed by atoms with E-state index < -0.39 is 17.2 Å². The number of aromatic nitrogens is 4. The summed E-state index contributed by atoms with van der Waals surface area (Å²) in [4.78, 5) is 30.8. The van der Waals surface area contributed by atoms with Crippen molar-refractivity contribution in [2.75, 3.05) is 51.8 Å². The summed E-state index contributed by atoms with van der Waals surface area (Å²) < 4.78 is 34.0. The predicted octanol–water partition coefficient (Wildman–Crippen LogP) is 1.53. The average Bonchev–Trinajstić information content (AvgIpc) is 2.72. The van der Waals surface area contributed by atoms with E-state index in [4.69, 9.17) is 4.74 Å². The van der Waals surface area contributed by atoms with Gasteiger partial charge in [-0.15, -0.1) is 0 Å². The van der Waals surface area contributed by atoms with Crippen molar-refractivity contribution >= 4 is 17.1 Å². The molecular formula is C20H22F2N6O2. The van der Waals surface area contributed by atoms with Crippen LogP contribution in [-0.2, 0) is 11.3 Å². The minimum atomic E-state index is -0.781. The largest absolute Gasteiger partial charge is 0.383 e. The van der Waals surface area contributed by atoms with Gasteiger partial charge in [-0.3, -0.25) is 9.36 Å². The molecule has 3 aromatic rings. The van der Waals surface area contributed by atoms with E-state index in [2.05, 4.69) is 31.8 Å². The van der Waals surface area contributed by atoms with E-state index in [1.54, 1.807) is 0 Å². The standard InChI is InChI=1S/C20H22F2N6O2/c1-26-3-5-27(6-4-26)20-23-12-16-18(25-20)28(7-8-30-2)19(29)17(24-16)13-9-14(21)11-15(22)10-13/h9-12H,3-8H2,1-2H3. The van der Waals surface area contributed by atoms with Gasteiger partial charge in [0.05, 0.1) is 19.3 Å². The number of hydrogen-bond donors (Lipinski definition) is 0. The number of rotatable bonds is 5. The molecule has 8 nitrogen and oxygen atoms in total. The van der Waals surface area contributed by atoms with E-state index >= 15 is 0 Å². The van der Waals surface area contributed by atoms with Gasteiger partial charge in [-0.25, -0.2) is 18.7 Å². The molecular weight excluding hydrogens is 394 g/mol. The van der Waals surface area contributed by atoms with Crippen LogP contribution in [0.5, 0.6) is 0 Å². The van der Waals surface area contributed by atoms with Crippen molar-refractivity contribution in [2.45, 2.75) is 6.54 Å². The van der Waals surface area contributed by atoms with Gasteiger partial charge in [0.2, 0.25) is 5.95 Å². The highest BCUT2D eigenvalue weighted by molar-refractivity contribution is 5.74. The zero-order chi connectivity index (χ0) is 21.3. The molecule has 0 radical (unpaired) electrons. The predicted molar refractivity (Wildman–Crippen MR) is 109 cm³/mol. The summed E-state index contributed by atoms with van der Waals surface area (Å²) in [6, 6.07) is 2.91.